The van der Waals surface area contributed by atoms with E-state index < -0.39 is 5.72 Å². The van der Waals surface area contributed by atoms with Gasteiger partial charge in [0.05, 0.1) is 0 Å². The summed E-state index contributed by atoms with van der Waals surface area (Å²) in [5.74, 6) is -0.0554. The molecule has 5 nitrogen and oxygen atoms in total. The SMILES string of the molecule is COC1(C[Se]c2ccccc2)C(=O)N2CCCC2C(=O)N1C. The Morgan fingerprint density at radius 2 is 2.05 bits per heavy atom. The molecule has 0 aliphatic carbocycles. The van der Waals surface area contributed by atoms with Crippen LogP contribution in [0.2, 0.25) is 5.32 Å². The maximum absolute atomic E-state index is 13.0. The predicted molar refractivity (Wildman–Crippen MR) is 83.9 cm³/mol. The third kappa shape index (κ3) is 2.35. The molecule has 2 unspecified atom stereocenters. The van der Waals surface area contributed by atoms with E-state index in [9.17, 15) is 9.59 Å². The van der Waals surface area contributed by atoms with Gasteiger partial charge in [-0.3, -0.25) is 0 Å². The van der Waals surface area contributed by atoms with E-state index in [1.807, 2.05) is 18.2 Å². The van der Waals surface area contributed by atoms with E-state index in [0.29, 0.717) is 11.9 Å². The number of methoxy groups -OCH3 is 1. The third-order valence-electron chi connectivity index (χ3n) is 4.52. The van der Waals surface area contributed by atoms with Crippen LogP contribution in [0.4, 0.5) is 0 Å². The topological polar surface area (TPSA) is 49.9 Å². The molecule has 0 saturated carbocycles. The summed E-state index contributed by atoms with van der Waals surface area (Å²) in [6.45, 7) is 0.659. The van der Waals surface area contributed by atoms with Crippen LogP contribution in [0.15, 0.2) is 30.3 Å². The number of nitrogens with zero attached hydrogens (tertiary/aromatic N) is 2. The molecular formula is C16H20N2O3Se. The Hall–Kier alpha value is -1.36. The molecule has 2 aliphatic rings. The van der Waals surface area contributed by atoms with Gasteiger partial charge in [0.15, 0.2) is 0 Å². The molecule has 0 bridgehead atoms. The number of ether oxygens (including phenoxy) is 1. The number of fused-ring (bicyclic) bond motifs is 1. The molecule has 0 radical (unpaired) electrons. The number of benzene rings is 1. The second kappa shape index (κ2) is 6.03. The van der Waals surface area contributed by atoms with Gasteiger partial charge in [0.2, 0.25) is 0 Å². The van der Waals surface area contributed by atoms with Crippen molar-refractivity contribution in [3.8, 4) is 0 Å². The fraction of sp³-hybridized carbons (Fsp3) is 0.500. The first kappa shape index (κ1) is 15.5. The standard InChI is InChI=1S/C16H20N2O3Se/c1-17-14(19)13-9-6-10-18(13)15(20)16(17,21-2)11-22-12-7-4-3-5-8-12/h3-5,7-8,13H,6,9-11H2,1-2H3. The number of amides is 2. The molecule has 118 valence electrons. The van der Waals surface area contributed by atoms with Crippen molar-refractivity contribution in [2.45, 2.75) is 29.9 Å². The van der Waals surface area contributed by atoms with Crippen LogP contribution in [0.25, 0.3) is 0 Å². The number of carbonyl (C=O) groups is 2. The summed E-state index contributed by atoms with van der Waals surface area (Å²) in [5.41, 5.74) is -1.15. The van der Waals surface area contributed by atoms with Crippen molar-refractivity contribution >= 4 is 31.2 Å². The monoisotopic (exact) mass is 368 g/mol. The van der Waals surface area contributed by atoms with Gasteiger partial charge in [-0.1, -0.05) is 0 Å². The van der Waals surface area contributed by atoms with Crippen molar-refractivity contribution in [2.24, 2.45) is 0 Å². The van der Waals surface area contributed by atoms with E-state index in [1.54, 1.807) is 11.9 Å². The molecular weight excluding hydrogens is 347 g/mol. The van der Waals surface area contributed by atoms with Gasteiger partial charge >= 0.3 is 136 Å². The fourth-order valence-corrected chi connectivity index (χ4v) is 5.58. The molecule has 0 N–H and O–H groups in total. The molecule has 1 aromatic carbocycles. The molecule has 2 amide bonds. The molecule has 1 aromatic rings. The van der Waals surface area contributed by atoms with Crippen LogP contribution in [0.1, 0.15) is 12.8 Å². The number of piperazine rings is 1. The number of hydrogen-bond acceptors (Lipinski definition) is 3. The van der Waals surface area contributed by atoms with Gasteiger partial charge in [-0.15, -0.1) is 0 Å². The Balaban J connectivity index is 1.86. The minimum atomic E-state index is -1.15. The molecule has 3 rings (SSSR count). The van der Waals surface area contributed by atoms with Crippen molar-refractivity contribution in [3.63, 3.8) is 0 Å². The number of hydrogen-bond donors (Lipinski definition) is 0. The van der Waals surface area contributed by atoms with Gasteiger partial charge in [0.25, 0.3) is 0 Å². The summed E-state index contributed by atoms with van der Waals surface area (Å²) in [6.07, 6.45) is 1.65. The number of likely N-dealkylation sites (N-methyl/N-ethyl adjacent to an activating group) is 1. The summed E-state index contributed by atoms with van der Waals surface area (Å²) in [6, 6.07) is 9.77. The summed E-state index contributed by atoms with van der Waals surface area (Å²) in [4.78, 5) is 28.8. The van der Waals surface area contributed by atoms with E-state index >= 15 is 0 Å². The van der Waals surface area contributed by atoms with Gasteiger partial charge < -0.3 is 0 Å². The van der Waals surface area contributed by atoms with Crippen LogP contribution >= 0.6 is 0 Å². The molecule has 22 heavy (non-hydrogen) atoms. The van der Waals surface area contributed by atoms with E-state index in [-0.39, 0.29) is 32.8 Å². The number of rotatable bonds is 4. The second-order valence-electron chi connectivity index (χ2n) is 5.64. The third-order valence-corrected chi connectivity index (χ3v) is 6.91. The average molecular weight is 367 g/mol. The Morgan fingerprint density at radius 3 is 2.73 bits per heavy atom. The van der Waals surface area contributed by atoms with Gasteiger partial charge in [-0.2, -0.15) is 0 Å². The van der Waals surface area contributed by atoms with Crippen molar-refractivity contribution < 1.29 is 14.3 Å². The Bertz CT molecular complexity index is 580. The molecule has 2 fully saturated rings. The van der Waals surface area contributed by atoms with Crippen molar-refractivity contribution in [3.05, 3.63) is 30.3 Å². The van der Waals surface area contributed by atoms with Crippen LogP contribution in [0.5, 0.6) is 0 Å². The summed E-state index contributed by atoms with van der Waals surface area (Å²) < 4.78 is 6.83. The van der Waals surface area contributed by atoms with E-state index in [1.165, 1.54) is 16.5 Å². The normalized spacial score (nSPS) is 28.2. The van der Waals surface area contributed by atoms with Crippen LogP contribution in [0, 0.1) is 0 Å². The number of carbonyl (C=O) groups excluding carboxylic acids is 2. The molecule has 2 atom stereocenters. The van der Waals surface area contributed by atoms with Crippen molar-refractivity contribution in [1.29, 1.82) is 0 Å². The van der Waals surface area contributed by atoms with E-state index in [0.717, 1.165) is 12.8 Å². The minimum absolute atomic E-state index is 0.00260. The molecule has 0 spiro atoms. The van der Waals surface area contributed by atoms with Crippen LogP contribution in [-0.4, -0.2) is 69.0 Å². The van der Waals surface area contributed by atoms with E-state index in [2.05, 4.69) is 12.1 Å². The van der Waals surface area contributed by atoms with Gasteiger partial charge in [0, 0.05) is 0 Å². The Morgan fingerprint density at radius 1 is 1.32 bits per heavy atom. The van der Waals surface area contributed by atoms with Crippen molar-refractivity contribution in [1.82, 2.24) is 9.80 Å². The van der Waals surface area contributed by atoms with Crippen LogP contribution in [0.3, 0.4) is 0 Å². The van der Waals surface area contributed by atoms with E-state index in [4.69, 9.17) is 4.74 Å². The van der Waals surface area contributed by atoms with Gasteiger partial charge in [-0.05, 0) is 0 Å². The predicted octanol–water partition coefficient (Wildman–Crippen LogP) is 0.240. The van der Waals surface area contributed by atoms with Crippen molar-refractivity contribution in [2.75, 3.05) is 20.7 Å². The first-order valence-electron chi connectivity index (χ1n) is 7.42. The Kier molecular flexibility index (Phi) is 4.26. The summed E-state index contributed by atoms with van der Waals surface area (Å²) >= 11 is 0.0635. The molecule has 2 aliphatic heterocycles. The van der Waals surface area contributed by atoms with Crippen LogP contribution < -0.4 is 4.46 Å². The van der Waals surface area contributed by atoms with Gasteiger partial charge in [0.1, 0.15) is 0 Å². The zero-order chi connectivity index (χ0) is 15.7. The molecule has 2 saturated heterocycles. The zero-order valence-corrected chi connectivity index (χ0v) is 14.5. The molecule has 2 heterocycles. The fourth-order valence-electron chi connectivity index (χ4n) is 3.18. The van der Waals surface area contributed by atoms with Gasteiger partial charge in [-0.25, -0.2) is 0 Å². The second-order valence-corrected chi connectivity index (χ2v) is 7.84. The summed E-state index contributed by atoms with van der Waals surface area (Å²) in [7, 11) is 3.22. The maximum atomic E-state index is 13.0. The Labute approximate surface area is 136 Å². The summed E-state index contributed by atoms with van der Waals surface area (Å²) in [5, 5.41) is 0.533. The first-order chi connectivity index (χ1) is 10.6. The zero-order valence-electron chi connectivity index (χ0n) is 12.8. The molecule has 0 aromatic heterocycles. The average Bonchev–Trinajstić information content (AvgIpc) is 3.04. The molecule has 6 heteroatoms. The van der Waals surface area contributed by atoms with Crippen LogP contribution in [-0.2, 0) is 14.3 Å². The quantitative estimate of drug-likeness (QED) is 0.717. The first-order valence-corrected chi connectivity index (χ1v) is 9.48.